The predicted octanol–water partition coefficient (Wildman–Crippen LogP) is 3.16. The third kappa shape index (κ3) is 5.09. The lowest BCUT2D eigenvalue weighted by atomic mass is 10.2. The molecule has 0 saturated carbocycles. The molecular weight excluding hydrogens is 438 g/mol. The number of aromatic nitrogens is 3. The number of rotatable bonds is 8. The Balaban J connectivity index is 1.73. The number of halogens is 1. The van der Waals surface area contributed by atoms with Crippen molar-refractivity contribution in [2.75, 3.05) is 32.0 Å². The Morgan fingerprint density at radius 2 is 1.62 bits per heavy atom. The van der Waals surface area contributed by atoms with E-state index in [1.54, 1.807) is 43.3 Å². The van der Waals surface area contributed by atoms with Gasteiger partial charge < -0.3 is 24.8 Å². The molecule has 0 atom stereocenters. The van der Waals surface area contributed by atoms with E-state index in [0.29, 0.717) is 39.3 Å². The summed E-state index contributed by atoms with van der Waals surface area (Å²) < 4.78 is 17.0. The predicted molar refractivity (Wildman–Crippen MR) is 119 cm³/mol. The molecule has 1 heterocycles. The topological polar surface area (TPSA) is 117 Å². The summed E-state index contributed by atoms with van der Waals surface area (Å²) in [7, 11) is 4.50. The number of ether oxygens (including phenoxy) is 3. The molecule has 0 aliphatic rings. The number of nitrogens with zero attached hydrogens (tertiary/aromatic N) is 3. The molecule has 0 unspecified atom stereocenters. The molecule has 0 fully saturated rings. The van der Waals surface area contributed by atoms with E-state index in [1.807, 2.05) is 0 Å². The van der Waals surface area contributed by atoms with Crippen molar-refractivity contribution in [3.05, 3.63) is 52.8 Å². The highest BCUT2D eigenvalue weighted by atomic mass is 35.5. The third-order valence-corrected chi connectivity index (χ3v) is 4.82. The fourth-order valence-corrected chi connectivity index (χ4v) is 3.09. The van der Waals surface area contributed by atoms with Crippen LogP contribution in [0.2, 0.25) is 5.02 Å². The van der Waals surface area contributed by atoms with Gasteiger partial charge in [-0.05, 0) is 37.3 Å². The highest BCUT2D eigenvalue weighted by Gasteiger charge is 2.20. The van der Waals surface area contributed by atoms with Crippen molar-refractivity contribution in [2.24, 2.45) is 0 Å². The summed E-state index contributed by atoms with van der Waals surface area (Å²) >= 11 is 5.99. The smallest absolute Gasteiger partial charge is 0.278 e. The molecule has 0 aliphatic heterocycles. The summed E-state index contributed by atoms with van der Waals surface area (Å²) in [6.07, 6.45) is 0. The lowest BCUT2D eigenvalue weighted by Crippen LogP contribution is -2.21. The normalized spacial score (nSPS) is 10.4. The van der Waals surface area contributed by atoms with Gasteiger partial charge in [0.05, 0.1) is 38.4 Å². The first-order chi connectivity index (χ1) is 15.4. The van der Waals surface area contributed by atoms with E-state index in [4.69, 9.17) is 25.8 Å². The van der Waals surface area contributed by atoms with E-state index in [2.05, 4.69) is 20.9 Å². The SMILES string of the molecule is COc1ccc(OC)c(NC(=O)c2nnn(CC(=O)Nc3cc(Cl)ccc3OC)c2C)c1. The Labute approximate surface area is 189 Å². The van der Waals surface area contributed by atoms with Crippen molar-refractivity contribution in [1.82, 2.24) is 15.0 Å². The molecular formula is C21H22ClN5O5. The van der Waals surface area contributed by atoms with Crippen LogP contribution >= 0.6 is 11.6 Å². The molecule has 32 heavy (non-hydrogen) atoms. The van der Waals surface area contributed by atoms with Crippen LogP contribution < -0.4 is 24.8 Å². The van der Waals surface area contributed by atoms with E-state index >= 15 is 0 Å². The molecule has 168 valence electrons. The van der Waals surface area contributed by atoms with Crippen LogP contribution in [0.3, 0.4) is 0 Å². The summed E-state index contributed by atoms with van der Waals surface area (Å²) in [5.74, 6) is 0.580. The fraction of sp³-hybridized carbons (Fsp3) is 0.238. The number of hydrogen-bond acceptors (Lipinski definition) is 7. The monoisotopic (exact) mass is 459 g/mol. The Kier molecular flexibility index (Phi) is 7.16. The van der Waals surface area contributed by atoms with Crippen molar-refractivity contribution in [2.45, 2.75) is 13.5 Å². The highest BCUT2D eigenvalue weighted by Crippen LogP contribution is 2.30. The van der Waals surface area contributed by atoms with Crippen molar-refractivity contribution in [3.8, 4) is 17.2 Å². The van der Waals surface area contributed by atoms with Crippen LogP contribution in [0.1, 0.15) is 16.2 Å². The Bertz CT molecular complexity index is 1150. The molecule has 0 radical (unpaired) electrons. The summed E-state index contributed by atoms with van der Waals surface area (Å²) in [5, 5.41) is 13.7. The molecule has 0 saturated heterocycles. The molecule has 2 N–H and O–H groups in total. The Morgan fingerprint density at radius 3 is 2.28 bits per heavy atom. The van der Waals surface area contributed by atoms with Crippen molar-refractivity contribution in [3.63, 3.8) is 0 Å². The quantitative estimate of drug-likeness (QED) is 0.531. The van der Waals surface area contributed by atoms with Crippen LogP contribution in [0.15, 0.2) is 36.4 Å². The van der Waals surface area contributed by atoms with Crippen LogP contribution in [0.5, 0.6) is 17.2 Å². The average molecular weight is 460 g/mol. The number of methoxy groups -OCH3 is 3. The van der Waals surface area contributed by atoms with Crippen LogP contribution in [0.4, 0.5) is 11.4 Å². The van der Waals surface area contributed by atoms with Gasteiger partial charge in [0.15, 0.2) is 5.69 Å². The lowest BCUT2D eigenvalue weighted by molar-refractivity contribution is -0.117. The standard InChI is InChI=1S/C21H22ClN5O5/c1-12-20(21(29)24-16-10-14(30-2)6-8-18(16)32-4)25-26-27(12)11-19(28)23-15-9-13(22)5-7-17(15)31-3/h5-10H,11H2,1-4H3,(H,23,28)(H,24,29). The molecule has 11 heteroatoms. The number of carbonyl (C=O) groups is 2. The average Bonchev–Trinajstić information content (AvgIpc) is 3.13. The zero-order valence-corrected chi connectivity index (χ0v) is 18.7. The van der Waals surface area contributed by atoms with Gasteiger partial charge in [0.25, 0.3) is 5.91 Å². The van der Waals surface area contributed by atoms with Crippen LogP contribution in [-0.2, 0) is 11.3 Å². The van der Waals surface area contributed by atoms with E-state index < -0.39 is 5.91 Å². The van der Waals surface area contributed by atoms with Crippen LogP contribution in [0, 0.1) is 6.92 Å². The molecule has 10 nitrogen and oxygen atoms in total. The highest BCUT2D eigenvalue weighted by molar-refractivity contribution is 6.31. The molecule has 1 aromatic heterocycles. The maximum absolute atomic E-state index is 12.8. The number of amides is 2. The number of nitrogens with one attached hydrogen (secondary N) is 2. The minimum atomic E-state index is -0.503. The van der Waals surface area contributed by atoms with Gasteiger partial charge in [0, 0.05) is 11.1 Å². The molecule has 0 spiro atoms. The molecule has 0 bridgehead atoms. The second-order valence-electron chi connectivity index (χ2n) is 6.59. The molecule has 2 amide bonds. The van der Waals surface area contributed by atoms with Gasteiger partial charge >= 0.3 is 0 Å². The Hall–Kier alpha value is -3.79. The number of benzene rings is 2. The van der Waals surface area contributed by atoms with Gasteiger partial charge in [0.2, 0.25) is 5.91 Å². The van der Waals surface area contributed by atoms with Crippen LogP contribution in [-0.4, -0.2) is 48.1 Å². The van der Waals surface area contributed by atoms with Gasteiger partial charge in [-0.1, -0.05) is 16.8 Å². The van der Waals surface area contributed by atoms with E-state index in [9.17, 15) is 9.59 Å². The first kappa shape index (κ1) is 22.9. The molecule has 0 aliphatic carbocycles. The van der Waals surface area contributed by atoms with Crippen molar-refractivity contribution in [1.29, 1.82) is 0 Å². The lowest BCUT2D eigenvalue weighted by Gasteiger charge is -2.12. The number of anilines is 2. The minimum absolute atomic E-state index is 0.0722. The van der Waals surface area contributed by atoms with Crippen molar-refractivity contribution < 1.29 is 23.8 Å². The van der Waals surface area contributed by atoms with E-state index in [1.165, 1.54) is 26.0 Å². The van der Waals surface area contributed by atoms with Gasteiger partial charge in [-0.15, -0.1) is 5.10 Å². The van der Waals surface area contributed by atoms with Gasteiger partial charge in [-0.3, -0.25) is 9.59 Å². The van der Waals surface area contributed by atoms with E-state index in [0.717, 1.165) is 0 Å². The number of carbonyl (C=O) groups excluding carboxylic acids is 2. The third-order valence-electron chi connectivity index (χ3n) is 4.58. The first-order valence-electron chi connectivity index (χ1n) is 9.43. The maximum atomic E-state index is 12.8. The zero-order valence-electron chi connectivity index (χ0n) is 17.9. The second-order valence-corrected chi connectivity index (χ2v) is 7.03. The summed E-state index contributed by atoms with van der Waals surface area (Å²) in [4.78, 5) is 25.3. The minimum Gasteiger partial charge on any atom is -0.497 e. The van der Waals surface area contributed by atoms with E-state index in [-0.39, 0.29) is 18.1 Å². The molecule has 3 rings (SSSR count). The fourth-order valence-electron chi connectivity index (χ4n) is 2.92. The molecule has 2 aromatic carbocycles. The second kappa shape index (κ2) is 10.0. The largest absolute Gasteiger partial charge is 0.497 e. The van der Waals surface area contributed by atoms with Gasteiger partial charge in [0.1, 0.15) is 23.8 Å². The first-order valence-corrected chi connectivity index (χ1v) is 9.81. The number of hydrogen-bond donors (Lipinski definition) is 2. The summed E-state index contributed by atoms with van der Waals surface area (Å²) in [5.41, 5.74) is 1.32. The van der Waals surface area contributed by atoms with Crippen LogP contribution in [0.25, 0.3) is 0 Å². The Morgan fingerprint density at radius 1 is 0.969 bits per heavy atom. The van der Waals surface area contributed by atoms with Gasteiger partial charge in [-0.2, -0.15) is 0 Å². The van der Waals surface area contributed by atoms with Crippen molar-refractivity contribution >= 4 is 34.8 Å². The maximum Gasteiger partial charge on any atom is 0.278 e. The zero-order chi connectivity index (χ0) is 23.3. The summed E-state index contributed by atoms with van der Waals surface area (Å²) in [6, 6.07) is 9.89. The summed E-state index contributed by atoms with van der Waals surface area (Å²) in [6.45, 7) is 1.48. The van der Waals surface area contributed by atoms with Gasteiger partial charge in [-0.25, -0.2) is 4.68 Å². The molecule has 3 aromatic rings.